The van der Waals surface area contributed by atoms with Crippen molar-refractivity contribution in [2.45, 2.75) is 52.5 Å². The summed E-state index contributed by atoms with van der Waals surface area (Å²) in [5, 5.41) is 3.25. The predicted octanol–water partition coefficient (Wildman–Crippen LogP) is 3.33. The number of anilines is 1. The van der Waals surface area contributed by atoms with Crippen LogP contribution in [0.4, 0.5) is 5.82 Å². The van der Waals surface area contributed by atoms with Crippen LogP contribution in [0.1, 0.15) is 51.8 Å². The van der Waals surface area contributed by atoms with Gasteiger partial charge in [-0.1, -0.05) is 34.1 Å². The molecule has 3 heteroatoms. The molecule has 1 N–H and O–H groups in total. The number of nitrogens with zero attached hydrogens (tertiary/aromatic N) is 2. The van der Waals surface area contributed by atoms with Crippen molar-refractivity contribution in [3.05, 3.63) is 23.4 Å². The summed E-state index contributed by atoms with van der Waals surface area (Å²) in [5.74, 6) is 2.00. The molecule has 0 radical (unpaired) electrons. The predicted molar refractivity (Wildman–Crippen MR) is 86.3 cm³/mol. The summed E-state index contributed by atoms with van der Waals surface area (Å²) in [6, 6.07) is 4.50. The van der Waals surface area contributed by atoms with Gasteiger partial charge in [0.15, 0.2) is 0 Å². The Labute approximate surface area is 123 Å². The lowest BCUT2D eigenvalue weighted by molar-refractivity contribution is 0.562. The summed E-state index contributed by atoms with van der Waals surface area (Å²) in [6.45, 7) is 12.2. The highest BCUT2D eigenvalue weighted by Gasteiger charge is 2.24. The van der Waals surface area contributed by atoms with E-state index >= 15 is 0 Å². The second kappa shape index (κ2) is 6.13. The fourth-order valence-corrected chi connectivity index (χ4v) is 2.80. The van der Waals surface area contributed by atoms with Crippen LogP contribution >= 0.6 is 0 Å². The lowest BCUT2D eigenvalue weighted by atomic mass is 9.90. The maximum Gasteiger partial charge on any atom is 0.129 e. The van der Waals surface area contributed by atoms with E-state index in [9.17, 15) is 0 Å². The molecule has 0 bridgehead atoms. The van der Waals surface area contributed by atoms with Gasteiger partial charge in [-0.3, -0.25) is 0 Å². The van der Waals surface area contributed by atoms with Crippen LogP contribution in [-0.2, 0) is 12.0 Å². The van der Waals surface area contributed by atoms with Gasteiger partial charge in [0.2, 0.25) is 0 Å². The molecule has 1 fully saturated rings. The van der Waals surface area contributed by atoms with E-state index in [0.717, 1.165) is 25.6 Å². The fraction of sp³-hybridized carbons (Fsp3) is 0.706. The largest absolute Gasteiger partial charge is 0.356 e. The van der Waals surface area contributed by atoms with Crippen LogP contribution < -0.4 is 10.2 Å². The van der Waals surface area contributed by atoms with Gasteiger partial charge < -0.3 is 10.2 Å². The number of hydrogen-bond donors (Lipinski definition) is 1. The topological polar surface area (TPSA) is 28.2 Å². The number of rotatable bonds is 4. The lowest BCUT2D eigenvalue weighted by Crippen LogP contribution is -2.24. The molecule has 112 valence electrons. The minimum atomic E-state index is 0.0996. The van der Waals surface area contributed by atoms with E-state index in [-0.39, 0.29) is 5.41 Å². The van der Waals surface area contributed by atoms with E-state index in [4.69, 9.17) is 4.98 Å². The fourth-order valence-electron chi connectivity index (χ4n) is 2.80. The van der Waals surface area contributed by atoms with E-state index in [1.165, 1.54) is 29.9 Å². The van der Waals surface area contributed by atoms with Crippen molar-refractivity contribution < 1.29 is 0 Å². The average molecular weight is 275 g/mol. The van der Waals surface area contributed by atoms with Crippen LogP contribution in [0.2, 0.25) is 0 Å². The number of hydrogen-bond acceptors (Lipinski definition) is 3. The molecule has 1 saturated heterocycles. The van der Waals surface area contributed by atoms with Crippen LogP contribution in [0.3, 0.4) is 0 Å². The quantitative estimate of drug-likeness (QED) is 0.913. The monoisotopic (exact) mass is 275 g/mol. The summed E-state index contributed by atoms with van der Waals surface area (Å²) in [5.41, 5.74) is 2.63. The first kappa shape index (κ1) is 15.3. The van der Waals surface area contributed by atoms with Crippen LogP contribution in [0.25, 0.3) is 0 Å². The van der Waals surface area contributed by atoms with E-state index in [2.05, 4.69) is 50.0 Å². The van der Waals surface area contributed by atoms with Gasteiger partial charge in [-0.25, -0.2) is 4.98 Å². The second-order valence-electron chi connectivity index (χ2n) is 7.01. The van der Waals surface area contributed by atoms with Crippen molar-refractivity contribution in [1.29, 1.82) is 0 Å². The lowest BCUT2D eigenvalue weighted by Gasteiger charge is -2.24. The summed E-state index contributed by atoms with van der Waals surface area (Å²) in [6.07, 6.45) is 2.58. The van der Waals surface area contributed by atoms with Gasteiger partial charge in [-0.2, -0.15) is 0 Å². The Bertz CT molecular complexity index is 448. The molecule has 2 heterocycles. The van der Waals surface area contributed by atoms with E-state index in [0.29, 0.717) is 0 Å². The molecule has 0 spiro atoms. The van der Waals surface area contributed by atoms with Crippen LogP contribution in [0.5, 0.6) is 0 Å². The van der Waals surface area contributed by atoms with Gasteiger partial charge in [0.25, 0.3) is 0 Å². The molecular weight excluding hydrogens is 246 g/mol. The summed E-state index contributed by atoms with van der Waals surface area (Å²) < 4.78 is 0. The molecule has 1 aliphatic heterocycles. The Morgan fingerprint density at radius 3 is 2.65 bits per heavy atom. The Balaban J connectivity index is 2.30. The van der Waals surface area contributed by atoms with Gasteiger partial charge in [0.1, 0.15) is 5.82 Å². The highest BCUT2D eigenvalue weighted by Crippen LogP contribution is 2.28. The summed E-state index contributed by atoms with van der Waals surface area (Å²) >= 11 is 0. The zero-order valence-electron chi connectivity index (χ0n) is 13.7. The maximum absolute atomic E-state index is 4.94. The molecule has 3 nitrogen and oxygen atoms in total. The summed E-state index contributed by atoms with van der Waals surface area (Å²) in [4.78, 5) is 7.40. The third kappa shape index (κ3) is 3.51. The molecule has 0 aromatic carbocycles. The summed E-state index contributed by atoms with van der Waals surface area (Å²) in [7, 11) is 2.00. The minimum Gasteiger partial charge on any atom is -0.356 e. The number of aromatic nitrogens is 1. The molecule has 20 heavy (non-hydrogen) atoms. The van der Waals surface area contributed by atoms with Gasteiger partial charge in [-0.15, -0.1) is 0 Å². The average Bonchev–Trinajstić information content (AvgIpc) is 2.86. The van der Waals surface area contributed by atoms with Crippen molar-refractivity contribution in [3.63, 3.8) is 0 Å². The number of pyridine rings is 1. The third-order valence-corrected chi connectivity index (χ3v) is 4.21. The zero-order chi connectivity index (χ0) is 14.8. The molecule has 1 aromatic rings. The van der Waals surface area contributed by atoms with Crippen molar-refractivity contribution in [2.75, 3.05) is 25.0 Å². The first-order valence-electron chi connectivity index (χ1n) is 7.85. The molecule has 0 aliphatic carbocycles. The van der Waals surface area contributed by atoms with Crippen molar-refractivity contribution in [1.82, 2.24) is 10.3 Å². The third-order valence-electron chi connectivity index (χ3n) is 4.21. The first-order chi connectivity index (χ1) is 9.44. The zero-order valence-corrected chi connectivity index (χ0v) is 13.7. The van der Waals surface area contributed by atoms with Crippen LogP contribution in [0, 0.1) is 5.92 Å². The van der Waals surface area contributed by atoms with Gasteiger partial charge in [0.05, 0.1) is 0 Å². The Morgan fingerprint density at radius 1 is 1.35 bits per heavy atom. The minimum absolute atomic E-state index is 0.0996. The highest BCUT2D eigenvalue weighted by atomic mass is 15.2. The molecule has 0 saturated carbocycles. The van der Waals surface area contributed by atoms with E-state index in [1.807, 2.05) is 7.05 Å². The maximum atomic E-state index is 4.94. The Kier molecular flexibility index (Phi) is 4.69. The molecule has 1 aliphatic rings. The number of nitrogens with one attached hydrogen (secondary N) is 1. The molecule has 1 atom stereocenters. The van der Waals surface area contributed by atoms with Gasteiger partial charge >= 0.3 is 0 Å². The van der Waals surface area contributed by atoms with E-state index in [1.54, 1.807) is 0 Å². The second-order valence-corrected chi connectivity index (χ2v) is 7.01. The Hall–Kier alpha value is -1.09. The van der Waals surface area contributed by atoms with E-state index < -0.39 is 0 Å². The van der Waals surface area contributed by atoms with Gasteiger partial charge in [0, 0.05) is 30.7 Å². The molecule has 0 amide bonds. The Morgan fingerprint density at radius 2 is 2.10 bits per heavy atom. The SMILES string of the molecule is CCC1CCN(c2cc(CNC)cc(C(C)(C)C)n2)C1. The molecule has 1 unspecified atom stereocenters. The first-order valence-corrected chi connectivity index (χ1v) is 7.85. The highest BCUT2D eigenvalue weighted by molar-refractivity contribution is 5.45. The molecule has 1 aromatic heterocycles. The van der Waals surface area contributed by atoms with Crippen molar-refractivity contribution >= 4 is 5.82 Å². The van der Waals surface area contributed by atoms with Crippen molar-refractivity contribution in [2.24, 2.45) is 5.92 Å². The van der Waals surface area contributed by atoms with Gasteiger partial charge in [-0.05, 0) is 37.1 Å². The molecule has 2 rings (SSSR count). The standard InChI is InChI=1S/C17H29N3/c1-6-13-7-8-20(12-13)16-10-14(11-18-5)9-15(19-16)17(2,3)4/h9-10,13,18H,6-8,11-12H2,1-5H3. The van der Waals surface area contributed by atoms with Crippen LogP contribution in [0.15, 0.2) is 12.1 Å². The van der Waals surface area contributed by atoms with Crippen LogP contribution in [-0.4, -0.2) is 25.1 Å². The normalized spacial score (nSPS) is 19.6. The smallest absolute Gasteiger partial charge is 0.129 e. The molecular formula is C17H29N3. The van der Waals surface area contributed by atoms with Crippen molar-refractivity contribution in [3.8, 4) is 0 Å².